The van der Waals surface area contributed by atoms with Crippen LogP contribution in [0, 0.1) is 11.3 Å². The summed E-state index contributed by atoms with van der Waals surface area (Å²) >= 11 is 0. The third kappa shape index (κ3) is 3.25. The normalized spacial score (nSPS) is 21.0. The van der Waals surface area contributed by atoms with E-state index in [9.17, 15) is 5.11 Å². The van der Waals surface area contributed by atoms with Crippen LogP contribution < -0.4 is 0 Å². The second-order valence-corrected chi connectivity index (χ2v) is 5.46. The molecular formula is C12H25NO. The molecule has 1 aliphatic rings. The third-order valence-electron chi connectivity index (χ3n) is 3.28. The predicted molar refractivity (Wildman–Crippen MR) is 60.3 cm³/mol. The molecule has 0 aromatic heterocycles. The Bertz CT molecular complexity index is 162. The summed E-state index contributed by atoms with van der Waals surface area (Å²) in [6, 6.07) is 0. The lowest BCUT2D eigenvalue weighted by Crippen LogP contribution is -2.38. The second-order valence-electron chi connectivity index (χ2n) is 5.46. The van der Waals surface area contributed by atoms with Crippen LogP contribution in [0.2, 0.25) is 0 Å². The van der Waals surface area contributed by atoms with Crippen molar-refractivity contribution in [3.05, 3.63) is 0 Å². The van der Waals surface area contributed by atoms with Gasteiger partial charge in [0, 0.05) is 25.1 Å². The van der Waals surface area contributed by atoms with Crippen LogP contribution in [-0.4, -0.2) is 36.8 Å². The van der Waals surface area contributed by atoms with Crippen molar-refractivity contribution in [1.29, 1.82) is 0 Å². The van der Waals surface area contributed by atoms with Crippen LogP contribution in [-0.2, 0) is 0 Å². The highest BCUT2D eigenvalue weighted by atomic mass is 16.3. The third-order valence-corrected chi connectivity index (χ3v) is 3.28. The van der Waals surface area contributed by atoms with Gasteiger partial charge in [-0.3, -0.25) is 0 Å². The fourth-order valence-electron chi connectivity index (χ4n) is 2.75. The minimum atomic E-state index is 0.226. The minimum absolute atomic E-state index is 0.226. The van der Waals surface area contributed by atoms with Crippen LogP contribution in [0.1, 0.15) is 39.5 Å². The summed E-state index contributed by atoms with van der Waals surface area (Å²) < 4.78 is 0. The number of hydrogen-bond donors (Lipinski definition) is 1. The highest BCUT2D eigenvalue weighted by Gasteiger charge is 2.34. The molecule has 1 N–H and O–H groups in total. The molecule has 2 heteroatoms. The zero-order valence-corrected chi connectivity index (χ0v) is 9.92. The molecule has 1 rings (SSSR count). The monoisotopic (exact) mass is 199 g/mol. The maximum Gasteiger partial charge on any atom is 0.0499 e. The van der Waals surface area contributed by atoms with E-state index < -0.39 is 0 Å². The Morgan fingerprint density at radius 2 is 1.86 bits per heavy atom. The molecule has 0 heterocycles. The van der Waals surface area contributed by atoms with Gasteiger partial charge in [0.05, 0.1) is 0 Å². The van der Waals surface area contributed by atoms with Gasteiger partial charge in [-0.2, -0.15) is 0 Å². The Hall–Kier alpha value is -0.0800. The van der Waals surface area contributed by atoms with E-state index in [0.29, 0.717) is 6.61 Å². The minimum Gasteiger partial charge on any atom is -0.396 e. The predicted octanol–water partition coefficient (Wildman–Crippen LogP) is 2.13. The van der Waals surface area contributed by atoms with Crippen LogP contribution in [0.15, 0.2) is 0 Å². The lowest BCUT2D eigenvalue weighted by atomic mass is 9.86. The molecular weight excluding hydrogens is 174 g/mol. The molecule has 0 saturated heterocycles. The molecule has 2 nitrogen and oxygen atoms in total. The topological polar surface area (TPSA) is 23.5 Å². The molecule has 0 amide bonds. The zero-order valence-electron chi connectivity index (χ0n) is 9.92. The first kappa shape index (κ1) is 12.0. The lowest BCUT2D eigenvalue weighted by molar-refractivity contribution is 0.0847. The summed E-state index contributed by atoms with van der Waals surface area (Å²) in [6.07, 6.45) is 5.03. The fourth-order valence-corrected chi connectivity index (χ4v) is 2.75. The van der Waals surface area contributed by atoms with Crippen LogP contribution in [0.4, 0.5) is 0 Å². The quantitative estimate of drug-likeness (QED) is 0.733. The molecule has 1 saturated carbocycles. The summed E-state index contributed by atoms with van der Waals surface area (Å²) in [4.78, 5) is 2.38. The van der Waals surface area contributed by atoms with Gasteiger partial charge in [0.1, 0.15) is 0 Å². The Kier molecular flexibility index (Phi) is 4.39. The summed E-state index contributed by atoms with van der Waals surface area (Å²) in [7, 11) is 2.18. The standard InChI is InChI=1S/C12H25NO/c1-11(2)8-13(3)9-12(10-14)6-4-5-7-12/h11,14H,4-10H2,1-3H3. The number of aliphatic hydroxyl groups excluding tert-OH is 1. The Labute approximate surface area is 88.3 Å². The van der Waals surface area contributed by atoms with Gasteiger partial charge in [0.15, 0.2) is 0 Å². The summed E-state index contributed by atoms with van der Waals surface area (Å²) in [5.74, 6) is 0.720. The maximum absolute atomic E-state index is 9.47. The smallest absolute Gasteiger partial charge is 0.0499 e. The largest absolute Gasteiger partial charge is 0.396 e. The van der Waals surface area contributed by atoms with Gasteiger partial charge in [-0.05, 0) is 25.8 Å². The average Bonchev–Trinajstić information content (AvgIpc) is 2.52. The van der Waals surface area contributed by atoms with Gasteiger partial charge in [0.2, 0.25) is 0 Å². The first-order valence-electron chi connectivity index (χ1n) is 5.87. The summed E-state index contributed by atoms with van der Waals surface area (Å²) in [5.41, 5.74) is 0.226. The zero-order chi connectivity index (χ0) is 10.6. The van der Waals surface area contributed by atoms with E-state index in [0.717, 1.165) is 19.0 Å². The highest BCUT2D eigenvalue weighted by molar-refractivity contribution is 4.86. The van der Waals surface area contributed by atoms with Crippen molar-refractivity contribution in [2.45, 2.75) is 39.5 Å². The molecule has 0 aliphatic heterocycles. The first-order chi connectivity index (χ1) is 6.58. The molecule has 0 radical (unpaired) electrons. The molecule has 0 aromatic carbocycles. The Morgan fingerprint density at radius 1 is 1.29 bits per heavy atom. The number of nitrogens with zero attached hydrogens (tertiary/aromatic N) is 1. The van der Waals surface area contributed by atoms with Crippen molar-refractivity contribution in [2.75, 3.05) is 26.7 Å². The van der Waals surface area contributed by atoms with Gasteiger partial charge in [-0.25, -0.2) is 0 Å². The number of rotatable bonds is 5. The van der Waals surface area contributed by atoms with Crippen molar-refractivity contribution >= 4 is 0 Å². The maximum atomic E-state index is 9.47. The fraction of sp³-hybridized carbons (Fsp3) is 1.00. The summed E-state index contributed by atoms with van der Waals surface area (Å²) in [6.45, 7) is 7.08. The molecule has 1 aliphatic carbocycles. The molecule has 0 aromatic rings. The Morgan fingerprint density at radius 3 is 2.29 bits per heavy atom. The number of hydrogen-bond acceptors (Lipinski definition) is 2. The molecule has 14 heavy (non-hydrogen) atoms. The van der Waals surface area contributed by atoms with Gasteiger partial charge in [-0.15, -0.1) is 0 Å². The van der Waals surface area contributed by atoms with Crippen molar-refractivity contribution in [3.63, 3.8) is 0 Å². The SMILES string of the molecule is CC(C)CN(C)CC1(CO)CCCC1. The van der Waals surface area contributed by atoms with Gasteiger partial charge in [0.25, 0.3) is 0 Å². The average molecular weight is 199 g/mol. The molecule has 0 spiro atoms. The number of aliphatic hydroxyl groups is 1. The lowest BCUT2D eigenvalue weighted by Gasteiger charge is -2.32. The van der Waals surface area contributed by atoms with Crippen molar-refractivity contribution in [1.82, 2.24) is 4.90 Å². The van der Waals surface area contributed by atoms with Gasteiger partial charge in [-0.1, -0.05) is 26.7 Å². The van der Waals surface area contributed by atoms with E-state index in [1.54, 1.807) is 0 Å². The van der Waals surface area contributed by atoms with Crippen LogP contribution in [0.3, 0.4) is 0 Å². The van der Waals surface area contributed by atoms with Gasteiger partial charge < -0.3 is 10.0 Å². The van der Waals surface area contributed by atoms with Crippen LogP contribution in [0.25, 0.3) is 0 Å². The van der Waals surface area contributed by atoms with E-state index in [-0.39, 0.29) is 5.41 Å². The molecule has 84 valence electrons. The van der Waals surface area contributed by atoms with E-state index in [4.69, 9.17) is 0 Å². The molecule has 0 bridgehead atoms. The summed E-state index contributed by atoms with van der Waals surface area (Å²) in [5, 5.41) is 9.47. The Balaban J connectivity index is 2.39. The van der Waals surface area contributed by atoms with Crippen LogP contribution >= 0.6 is 0 Å². The molecule has 0 unspecified atom stereocenters. The first-order valence-corrected chi connectivity index (χ1v) is 5.87. The van der Waals surface area contributed by atoms with E-state index in [1.807, 2.05) is 0 Å². The van der Waals surface area contributed by atoms with E-state index in [2.05, 4.69) is 25.8 Å². The van der Waals surface area contributed by atoms with E-state index in [1.165, 1.54) is 25.7 Å². The van der Waals surface area contributed by atoms with Crippen molar-refractivity contribution < 1.29 is 5.11 Å². The highest BCUT2D eigenvalue weighted by Crippen LogP contribution is 2.38. The second kappa shape index (κ2) is 5.13. The van der Waals surface area contributed by atoms with Crippen molar-refractivity contribution in [3.8, 4) is 0 Å². The van der Waals surface area contributed by atoms with Crippen molar-refractivity contribution in [2.24, 2.45) is 11.3 Å². The van der Waals surface area contributed by atoms with Gasteiger partial charge >= 0.3 is 0 Å². The molecule has 1 fully saturated rings. The van der Waals surface area contributed by atoms with Crippen LogP contribution in [0.5, 0.6) is 0 Å². The van der Waals surface area contributed by atoms with E-state index >= 15 is 0 Å². The molecule has 0 atom stereocenters.